The molecular weight excluding hydrogens is 584 g/mol. The molecule has 0 amide bonds. The van der Waals surface area contributed by atoms with E-state index < -0.39 is 12.0 Å². The van der Waals surface area contributed by atoms with Gasteiger partial charge in [-0.15, -0.1) is 0 Å². The van der Waals surface area contributed by atoms with Crippen molar-refractivity contribution in [1.29, 1.82) is 5.26 Å². The van der Waals surface area contributed by atoms with E-state index in [1.165, 1.54) is 18.1 Å². The number of esters is 1. The lowest BCUT2D eigenvalue weighted by molar-refractivity contribution is -0.132. The van der Waals surface area contributed by atoms with Gasteiger partial charge in [-0.1, -0.05) is 30.3 Å². The van der Waals surface area contributed by atoms with Crippen LogP contribution >= 0.6 is 0 Å². The lowest BCUT2D eigenvalue weighted by atomic mass is 9.71. The van der Waals surface area contributed by atoms with Crippen molar-refractivity contribution in [3.63, 3.8) is 0 Å². The number of ether oxygens (including phenoxy) is 4. The molecule has 5 aliphatic heterocycles. The van der Waals surface area contributed by atoms with Gasteiger partial charge >= 0.3 is 5.97 Å². The number of piperazine rings is 1. The molecular formula is C36H38N4O6. The van der Waals surface area contributed by atoms with E-state index in [9.17, 15) is 15.2 Å². The first-order valence-electron chi connectivity index (χ1n) is 15.9. The second kappa shape index (κ2) is 10.6. The minimum atomic E-state index is -0.441. The van der Waals surface area contributed by atoms with Crippen molar-refractivity contribution >= 4 is 5.97 Å². The van der Waals surface area contributed by atoms with Crippen LogP contribution in [0.5, 0.6) is 28.7 Å². The van der Waals surface area contributed by atoms with E-state index in [0.717, 1.165) is 46.5 Å². The van der Waals surface area contributed by atoms with Crippen molar-refractivity contribution in [2.45, 2.75) is 76.9 Å². The third-order valence-electron chi connectivity index (χ3n) is 10.8. The van der Waals surface area contributed by atoms with Gasteiger partial charge in [0.1, 0.15) is 11.8 Å². The van der Waals surface area contributed by atoms with Gasteiger partial charge in [0.25, 0.3) is 0 Å². The number of carbonyl (C=O) groups is 1. The second-order valence-corrected chi connectivity index (χ2v) is 13.3. The van der Waals surface area contributed by atoms with Crippen LogP contribution in [0.1, 0.15) is 63.5 Å². The summed E-state index contributed by atoms with van der Waals surface area (Å²) >= 11 is 0. The molecule has 0 aromatic heterocycles. The number of hydrogen-bond donors (Lipinski definition) is 1. The Morgan fingerprint density at radius 2 is 1.76 bits per heavy atom. The number of aromatic hydroxyl groups is 1. The molecule has 0 unspecified atom stereocenters. The molecule has 0 aliphatic carbocycles. The van der Waals surface area contributed by atoms with Crippen molar-refractivity contribution in [2.24, 2.45) is 0 Å². The molecule has 0 radical (unpaired) electrons. The Kier molecular flexibility index (Phi) is 6.73. The number of aryl methyl sites for hydroxylation is 1. The maximum Gasteiger partial charge on any atom is 0.308 e. The normalized spacial score (nSPS) is 26.0. The summed E-state index contributed by atoms with van der Waals surface area (Å²) in [6.45, 7) is 7.57. The molecule has 238 valence electrons. The number of phenols is 1. The number of nitrogens with zero attached hydrogens (tertiary/aromatic N) is 4. The smallest absolute Gasteiger partial charge is 0.308 e. The highest BCUT2D eigenvalue weighted by atomic mass is 16.7. The first-order valence-corrected chi connectivity index (χ1v) is 15.9. The first-order chi connectivity index (χ1) is 22.2. The minimum absolute atomic E-state index is 0.0769. The van der Waals surface area contributed by atoms with Gasteiger partial charge in [0, 0.05) is 60.9 Å². The van der Waals surface area contributed by atoms with Crippen LogP contribution in [0.3, 0.4) is 0 Å². The summed E-state index contributed by atoms with van der Waals surface area (Å²) in [7, 11) is 3.64. The number of nitriles is 1. The molecule has 5 aliphatic rings. The number of hydrogen-bond acceptors (Lipinski definition) is 10. The Balaban J connectivity index is 1.35. The number of likely N-dealkylation sites (N-methyl/N-ethyl adjacent to an activating group) is 1. The zero-order chi connectivity index (χ0) is 32.0. The Hall–Kier alpha value is -4.30. The summed E-state index contributed by atoms with van der Waals surface area (Å²) in [5.74, 6) is 1.99. The maximum absolute atomic E-state index is 12.5. The van der Waals surface area contributed by atoms with Crippen LogP contribution in [-0.2, 0) is 30.7 Å². The molecule has 46 heavy (non-hydrogen) atoms. The highest BCUT2D eigenvalue weighted by Crippen LogP contribution is 2.58. The van der Waals surface area contributed by atoms with Crippen LogP contribution in [-0.4, -0.2) is 71.4 Å². The average Bonchev–Trinajstić information content (AvgIpc) is 3.67. The highest BCUT2D eigenvalue weighted by Gasteiger charge is 2.57. The molecule has 3 aromatic rings. The molecule has 2 bridgehead atoms. The lowest BCUT2D eigenvalue weighted by Gasteiger charge is -2.60. The van der Waals surface area contributed by atoms with Crippen LogP contribution in [0.4, 0.5) is 0 Å². The Labute approximate surface area is 268 Å². The Morgan fingerprint density at radius 3 is 2.43 bits per heavy atom. The molecule has 5 atom stereocenters. The van der Waals surface area contributed by atoms with E-state index in [2.05, 4.69) is 58.1 Å². The number of fused-ring (bicyclic) bond motifs is 10. The van der Waals surface area contributed by atoms with Crippen molar-refractivity contribution in [2.75, 3.05) is 27.5 Å². The third kappa shape index (κ3) is 4.08. The van der Waals surface area contributed by atoms with Crippen molar-refractivity contribution in [3.8, 4) is 34.8 Å². The fourth-order valence-electron chi connectivity index (χ4n) is 9.07. The van der Waals surface area contributed by atoms with Gasteiger partial charge in [-0.3, -0.25) is 19.5 Å². The maximum atomic E-state index is 12.5. The molecule has 0 spiro atoms. The predicted octanol–water partition coefficient (Wildman–Crippen LogP) is 4.46. The van der Waals surface area contributed by atoms with Crippen LogP contribution < -0.4 is 18.9 Å². The summed E-state index contributed by atoms with van der Waals surface area (Å²) in [6, 6.07) is 12.1. The first kappa shape index (κ1) is 29.1. The van der Waals surface area contributed by atoms with Crippen molar-refractivity contribution < 1.29 is 28.8 Å². The molecule has 0 saturated carbocycles. The van der Waals surface area contributed by atoms with E-state index >= 15 is 0 Å². The van der Waals surface area contributed by atoms with E-state index in [0.29, 0.717) is 42.4 Å². The molecule has 10 heteroatoms. The fourth-order valence-corrected chi connectivity index (χ4v) is 9.07. The summed E-state index contributed by atoms with van der Waals surface area (Å²) in [6.07, 6.45) is 1.11. The highest BCUT2D eigenvalue weighted by molar-refractivity contribution is 5.74. The lowest BCUT2D eigenvalue weighted by Crippen LogP contribution is -2.68. The van der Waals surface area contributed by atoms with E-state index in [1.807, 2.05) is 13.8 Å². The molecule has 5 heterocycles. The number of phenolic OH excluding ortho intramolecular Hbond substituents is 1. The number of carbonyl (C=O) groups excluding carboxylic acids is 1. The topological polar surface area (TPSA) is 108 Å². The van der Waals surface area contributed by atoms with Crippen molar-refractivity contribution in [1.82, 2.24) is 14.7 Å². The molecule has 3 aromatic carbocycles. The van der Waals surface area contributed by atoms with Crippen molar-refractivity contribution in [3.05, 3.63) is 74.8 Å². The standard InChI is InChI=1S/C36H38N4O6/c1-18-10-23-11-25-27(13-37)40-26(31(38(25)4)29(23)32(42)33(18)43-5)12-24-30(28(40)16-39-14-21-8-6-7-9-22(21)15-39)36-35(44-17-45-36)19(2)34(24)46-20(3)41/h6-10,25-28,31,42H,11-12,14-17H2,1-5H3/t25-,26+,27+,28+,31+/m1/s1. The number of methoxy groups -OCH3 is 1. The van der Waals surface area contributed by atoms with E-state index in [4.69, 9.17) is 18.9 Å². The molecule has 1 saturated heterocycles. The zero-order valence-corrected chi connectivity index (χ0v) is 26.8. The average molecular weight is 623 g/mol. The van der Waals surface area contributed by atoms with E-state index in [-0.39, 0.29) is 36.7 Å². The number of rotatable bonds is 4. The Bertz CT molecular complexity index is 1810. The third-order valence-corrected chi connectivity index (χ3v) is 10.8. The van der Waals surface area contributed by atoms with Gasteiger partial charge in [-0.25, -0.2) is 0 Å². The number of benzene rings is 3. The SMILES string of the molecule is COc1c(C)cc2c(c1O)[C@@H]1[C@@H]3Cc4c(OC(C)=O)c(C)c5c(c4[C@H](CN4Cc6ccccc6C4)N3[C@@H](C#N)[C@@H](C2)N1C)OCO5. The van der Waals surface area contributed by atoms with Gasteiger partial charge in [0.15, 0.2) is 23.0 Å². The molecule has 10 nitrogen and oxygen atoms in total. The summed E-state index contributed by atoms with van der Waals surface area (Å²) in [5.41, 5.74) is 7.91. The van der Waals surface area contributed by atoms with E-state index in [1.54, 1.807) is 7.11 Å². The monoisotopic (exact) mass is 622 g/mol. The zero-order valence-electron chi connectivity index (χ0n) is 26.8. The van der Waals surface area contributed by atoms with Gasteiger partial charge in [-0.05, 0) is 56.0 Å². The predicted molar refractivity (Wildman–Crippen MR) is 168 cm³/mol. The molecule has 8 rings (SSSR count). The largest absolute Gasteiger partial charge is 0.504 e. The minimum Gasteiger partial charge on any atom is -0.504 e. The summed E-state index contributed by atoms with van der Waals surface area (Å²) in [4.78, 5) is 19.6. The Morgan fingerprint density at radius 1 is 1.04 bits per heavy atom. The molecule has 1 N–H and O–H groups in total. The fraction of sp³-hybridized carbons (Fsp3) is 0.444. The van der Waals surface area contributed by atoms with Gasteiger partial charge < -0.3 is 24.1 Å². The summed E-state index contributed by atoms with van der Waals surface area (Å²) < 4.78 is 23.9. The second-order valence-electron chi connectivity index (χ2n) is 13.3. The van der Waals surface area contributed by atoms with Crippen LogP contribution in [0.25, 0.3) is 0 Å². The van der Waals surface area contributed by atoms with Gasteiger partial charge in [0.05, 0.1) is 25.3 Å². The summed E-state index contributed by atoms with van der Waals surface area (Å²) in [5, 5.41) is 22.7. The molecule has 1 fully saturated rings. The van der Waals surface area contributed by atoms with Crippen LogP contribution in [0.15, 0.2) is 30.3 Å². The van der Waals surface area contributed by atoms with Crippen LogP contribution in [0, 0.1) is 25.2 Å². The van der Waals surface area contributed by atoms with Gasteiger partial charge in [0.2, 0.25) is 6.79 Å². The quantitative estimate of drug-likeness (QED) is 0.331. The van der Waals surface area contributed by atoms with Gasteiger partial charge in [-0.2, -0.15) is 5.26 Å². The van der Waals surface area contributed by atoms with Crippen LogP contribution in [0.2, 0.25) is 0 Å².